The summed E-state index contributed by atoms with van der Waals surface area (Å²) >= 11 is 9.08. The van der Waals surface area contributed by atoms with Crippen molar-refractivity contribution in [1.29, 1.82) is 0 Å². The minimum absolute atomic E-state index is 0.0397. The van der Waals surface area contributed by atoms with E-state index < -0.39 is 0 Å². The van der Waals surface area contributed by atoms with Crippen molar-refractivity contribution >= 4 is 61.0 Å². The zero-order chi connectivity index (χ0) is 17.6. The van der Waals surface area contributed by atoms with Gasteiger partial charge in [0, 0.05) is 22.4 Å². The zero-order valence-corrected chi connectivity index (χ0v) is 16.0. The number of nitrogens with zero attached hydrogens (tertiary/aromatic N) is 1. The number of hydrogen-bond donors (Lipinski definition) is 0. The van der Waals surface area contributed by atoms with E-state index in [0.29, 0.717) is 0 Å². The van der Waals surface area contributed by atoms with Gasteiger partial charge in [-0.3, -0.25) is 4.79 Å². The number of carbonyl (C=O) groups is 1. The largest absolute Gasteiger partial charge is 0.464 e. The van der Waals surface area contributed by atoms with Crippen molar-refractivity contribution in [3.05, 3.63) is 58.3 Å². The number of thiazole rings is 1. The van der Waals surface area contributed by atoms with Gasteiger partial charge in [0.05, 0.1) is 16.5 Å². The van der Waals surface area contributed by atoms with Gasteiger partial charge < -0.3 is 4.42 Å². The average Bonchev–Trinajstić information content (AvgIpc) is 3.16. The van der Waals surface area contributed by atoms with Crippen molar-refractivity contribution in [2.45, 2.75) is 24.6 Å². The molecule has 0 saturated heterocycles. The summed E-state index contributed by atoms with van der Waals surface area (Å²) in [5.74, 6) is 0. The smallest absolute Gasteiger partial charge is 0.200 e. The van der Waals surface area contributed by atoms with Gasteiger partial charge in [-0.05, 0) is 54.9 Å². The lowest BCUT2D eigenvalue weighted by molar-refractivity contribution is -0.110. The van der Waals surface area contributed by atoms with Gasteiger partial charge in [-0.25, -0.2) is 4.98 Å². The molecule has 0 radical (unpaired) electrons. The summed E-state index contributed by atoms with van der Waals surface area (Å²) < 4.78 is 7.49. The van der Waals surface area contributed by atoms with Crippen molar-refractivity contribution < 1.29 is 9.21 Å². The number of carbonyl (C=O) groups excluding carboxylic acids is 1. The Bertz CT molecular complexity index is 1080. The Morgan fingerprint density at radius 3 is 2.92 bits per heavy atom. The minimum Gasteiger partial charge on any atom is -0.464 e. The van der Waals surface area contributed by atoms with Crippen LogP contribution in [0.5, 0.6) is 0 Å². The van der Waals surface area contributed by atoms with Gasteiger partial charge in [0.15, 0.2) is 9.45 Å². The van der Waals surface area contributed by atoms with E-state index in [1.54, 1.807) is 6.26 Å². The van der Waals surface area contributed by atoms with Gasteiger partial charge in [-0.2, -0.15) is 0 Å². The predicted octanol–water partition coefficient (Wildman–Crippen LogP) is 6.17. The molecule has 25 heavy (non-hydrogen) atoms. The summed E-state index contributed by atoms with van der Waals surface area (Å²) in [6, 6.07) is 9.81. The van der Waals surface area contributed by atoms with Crippen LogP contribution in [-0.2, 0) is 11.2 Å². The number of furan rings is 1. The van der Waals surface area contributed by atoms with Crippen molar-refractivity contribution in [3.8, 4) is 0 Å². The van der Waals surface area contributed by atoms with Gasteiger partial charge in [0.25, 0.3) is 0 Å². The maximum atomic E-state index is 12.5. The molecule has 2 heterocycles. The highest BCUT2D eigenvalue weighted by atomic mass is 35.5. The van der Waals surface area contributed by atoms with Crippen molar-refractivity contribution in [2.24, 2.45) is 0 Å². The van der Waals surface area contributed by atoms with E-state index in [9.17, 15) is 4.79 Å². The van der Waals surface area contributed by atoms with E-state index in [1.807, 2.05) is 44.2 Å². The standard InChI is InChI=1S/C19H14ClNO2S2/c1-10-7-14-17(11(2)18(10)20)12(9-23-14)8-16(22)25-19-21-13-5-3-4-6-15(13)24-19/h3-7,9H,8H2,1-2H3. The van der Waals surface area contributed by atoms with Crippen LogP contribution in [0.3, 0.4) is 0 Å². The lowest BCUT2D eigenvalue weighted by Gasteiger charge is -2.05. The van der Waals surface area contributed by atoms with Crippen LogP contribution in [0, 0.1) is 13.8 Å². The predicted molar refractivity (Wildman–Crippen MR) is 105 cm³/mol. The molecule has 0 aliphatic heterocycles. The molecule has 0 spiro atoms. The molecular weight excluding hydrogens is 374 g/mol. The topological polar surface area (TPSA) is 43.1 Å². The molecule has 4 rings (SSSR count). The summed E-state index contributed by atoms with van der Waals surface area (Å²) in [5.41, 5.74) is 4.50. The summed E-state index contributed by atoms with van der Waals surface area (Å²) in [5, 5.41) is 1.70. The first kappa shape index (κ1) is 16.6. The van der Waals surface area contributed by atoms with E-state index in [4.69, 9.17) is 16.0 Å². The second kappa shape index (κ2) is 6.48. The molecule has 0 unspecified atom stereocenters. The first-order chi connectivity index (χ1) is 12.0. The molecule has 0 fully saturated rings. The maximum Gasteiger partial charge on any atom is 0.200 e. The molecule has 0 atom stereocenters. The quantitative estimate of drug-likeness (QED) is 0.394. The van der Waals surface area contributed by atoms with Crippen LogP contribution in [0.1, 0.15) is 16.7 Å². The summed E-state index contributed by atoms with van der Waals surface area (Å²) in [6.07, 6.45) is 1.94. The lowest BCUT2D eigenvalue weighted by atomic mass is 10.0. The first-order valence-electron chi connectivity index (χ1n) is 7.75. The average molecular weight is 388 g/mol. The van der Waals surface area contributed by atoms with Crippen molar-refractivity contribution in [1.82, 2.24) is 4.98 Å². The number of para-hydroxylation sites is 1. The van der Waals surface area contributed by atoms with Crippen LogP contribution in [0.2, 0.25) is 5.02 Å². The van der Waals surface area contributed by atoms with Crippen LogP contribution in [-0.4, -0.2) is 10.1 Å². The number of aryl methyl sites for hydroxylation is 2. The Morgan fingerprint density at radius 1 is 1.32 bits per heavy atom. The molecule has 0 aliphatic carbocycles. The maximum absolute atomic E-state index is 12.5. The molecule has 126 valence electrons. The number of fused-ring (bicyclic) bond motifs is 2. The van der Waals surface area contributed by atoms with Crippen molar-refractivity contribution in [3.63, 3.8) is 0 Å². The van der Waals surface area contributed by atoms with Gasteiger partial charge in [0.1, 0.15) is 5.58 Å². The fourth-order valence-corrected chi connectivity index (χ4v) is 5.05. The highest BCUT2D eigenvalue weighted by Crippen LogP contribution is 2.35. The SMILES string of the molecule is Cc1cc2occ(CC(=O)Sc3nc4ccccc4s3)c2c(C)c1Cl. The van der Waals surface area contributed by atoms with Gasteiger partial charge in [0.2, 0.25) is 0 Å². The highest BCUT2D eigenvalue weighted by Gasteiger charge is 2.17. The number of thioether (sulfide) groups is 1. The summed E-state index contributed by atoms with van der Waals surface area (Å²) in [7, 11) is 0. The third-order valence-electron chi connectivity index (χ3n) is 4.10. The zero-order valence-electron chi connectivity index (χ0n) is 13.6. The molecule has 4 aromatic rings. The molecular formula is C19H14ClNO2S2. The third kappa shape index (κ3) is 3.08. The van der Waals surface area contributed by atoms with E-state index in [0.717, 1.165) is 47.2 Å². The number of hydrogen-bond acceptors (Lipinski definition) is 5. The molecule has 0 bridgehead atoms. The van der Waals surface area contributed by atoms with Crippen LogP contribution in [0.25, 0.3) is 21.2 Å². The van der Waals surface area contributed by atoms with Crippen LogP contribution < -0.4 is 0 Å². The molecule has 0 saturated carbocycles. The Balaban J connectivity index is 1.60. The number of aromatic nitrogens is 1. The highest BCUT2D eigenvalue weighted by molar-refractivity contribution is 8.15. The Hall–Kier alpha value is -1.82. The van der Waals surface area contributed by atoms with Gasteiger partial charge in [-0.1, -0.05) is 23.7 Å². The number of halogens is 1. The van der Waals surface area contributed by atoms with E-state index in [-0.39, 0.29) is 11.5 Å². The number of rotatable bonds is 3. The van der Waals surface area contributed by atoms with Gasteiger partial charge in [-0.15, -0.1) is 11.3 Å². The molecule has 0 amide bonds. The second-order valence-corrected chi connectivity index (χ2v) is 8.58. The molecule has 2 aromatic carbocycles. The Morgan fingerprint density at radius 2 is 2.12 bits per heavy atom. The first-order valence-corrected chi connectivity index (χ1v) is 9.76. The summed E-state index contributed by atoms with van der Waals surface area (Å²) in [6.45, 7) is 3.91. The molecule has 3 nitrogen and oxygen atoms in total. The fraction of sp³-hybridized carbons (Fsp3) is 0.158. The lowest BCUT2D eigenvalue weighted by Crippen LogP contribution is -1.97. The normalized spacial score (nSPS) is 11.5. The Kier molecular flexibility index (Phi) is 4.31. The van der Waals surface area contributed by atoms with Crippen LogP contribution in [0.4, 0.5) is 0 Å². The summed E-state index contributed by atoms with van der Waals surface area (Å²) in [4.78, 5) is 17.0. The van der Waals surface area contributed by atoms with Gasteiger partial charge >= 0.3 is 0 Å². The molecule has 0 N–H and O–H groups in total. The second-order valence-electron chi connectivity index (χ2n) is 5.86. The van der Waals surface area contributed by atoms with E-state index in [1.165, 1.54) is 23.1 Å². The van der Waals surface area contributed by atoms with Crippen LogP contribution >= 0.6 is 34.7 Å². The Labute approximate surface area is 158 Å². The molecule has 6 heteroatoms. The molecule has 0 aliphatic rings. The molecule has 2 aromatic heterocycles. The van der Waals surface area contributed by atoms with Crippen LogP contribution in [0.15, 0.2) is 45.4 Å². The van der Waals surface area contributed by atoms with Crippen molar-refractivity contribution in [2.75, 3.05) is 0 Å². The third-order valence-corrected chi connectivity index (χ3v) is 6.65. The minimum atomic E-state index is 0.0397. The van der Waals surface area contributed by atoms with E-state index in [2.05, 4.69) is 4.98 Å². The number of benzene rings is 2. The monoisotopic (exact) mass is 387 g/mol. The fourth-order valence-electron chi connectivity index (χ4n) is 2.92. The van der Waals surface area contributed by atoms with E-state index >= 15 is 0 Å².